The number of rotatable bonds is 4. The summed E-state index contributed by atoms with van der Waals surface area (Å²) in [7, 11) is 1.67. The lowest BCUT2D eigenvalue weighted by atomic mass is 9.90. The van der Waals surface area contributed by atoms with E-state index in [-0.39, 0.29) is 17.8 Å². The van der Waals surface area contributed by atoms with Crippen molar-refractivity contribution in [3.05, 3.63) is 72.1 Å². The number of methoxy groups -OCH3 is 1. The molecule has 2 aromatic carbocycles. The summed E-state index contributed by atoms with van der Waals surface area (Å²) in [5, 5.41) is 3.53. The molecule has 1 aliphatic heterocycles. The monoisotopic (exact) mass is 283 g/mol. The third-order valence-corrected chi connectivity index (χ3v) is 4.04. The molecule has 1 N–H and O–H groups in total. The first-order chi connectivity index (χ1) is 10.2. The fraction of sp³-hybridized carbons (Fsp3) is 0.222. The fourth-order valence-electron chi connectivity index (χ4n) is 2.93. The Morgan fingerprint density at radius 2 is 2.05 bits per heavy atom. The highest BCUT2D eigenvalue weighted by atomic mass is 19.1. The summed E-state index contributed by atoms with van der Waals surface area (Å²) in [5.41, 5.74) is 3.45. The van der Waals surface area contributed by atoms with E-state index in [0.717, 1.165) is 23.4 Å². The largest absolute Gasteiger partial charge is 0.497 e. The number of hydrogen-bond acceptors (Lipinski definition) is 2. The van der Waals surface area contributed by atoms with Crippen LogP contribution in [0, 0.1) is 5.82 Å². The van der Waals surface area contributed by atoms with E-state index in [2.05, 4.69) is 18.0 Å². The molecular formula is C18H18FNO. The van der Waals surface area contributed by atoms with Crippen molar-refractivity contribution in [3.63, 3.8) is 0 Å². The Bertz CT molecular complexity index is 651. The molecule has 0 unspecified atom stereocenters. The van der Waals surface area contributed by atoms with Crippen molar-refractivity contribution >= 4 is 5.69 Å². The van der Waals surface area contributed by atoms with Gasteiger partial charge in [-0.25, -0.2) is 4.39 Å². The lowest BCUT2D eigenvalue weighted by Gasteiger charge is -2.21. The normalized spacial score (nSPS) is 17.7. The number of nitrogens with one attached hydrogen (secondary N) is 1. The molecule has 3 heteroatoms. The third kappa shape index (κ3) is 2.64. The van der Waals surface area contributed by atoms with Crippen LogP contribution in [0.3, 0.4) is 0 Å². The highest BCUT2D eigenvalue weighted by molar-refractivity contribution is 5.60. The first-order valence-electron chi connectivity index (χ1n) is 7.02. The maximum absolute atomic E-state index is 13.1. The van der Waals surface area contributed by atoms with Gasteiger partial charge in [-0.3, -0.25) is 0 Å². The molecule has 0 amide bonds. The maximum atomic E-state index is 13.1. The van der Waals surface area contributed by atoms with Gasteiger partial charge in [0.25, 0.3) is 0 Å². The van der Waals surface area contributed by atoms with Crippen molar-refractivity contribution in [2.75, 3.05) is 12.4 Å². The Morgan fingerprint density at radius 1 is 1.29 bits per heavy atom. The Morgan fingerprint density at radius 3 is 2.71 bits per heavy atom. The van der Waals surface area contributed by atoms with Crippen LogP contribution in [0.15, 0.2) is 55.1 Å². The number of ether oxygens (including phenoxy) is 1. The summed E-state index contributed by atoms with van der Waals surface area (Å²) >= 11 is 0. The summed E-state index contributed by atoms with van der Waals surface area (Å²) in [4.78, 5) is 0. The molecule has 1 heterocycles. The predicted molar refractivity (Wildman–Crippen MR) is 83.4 cm³/mol. The molecular weight excluding hydrogens is 265 g/mol. The van der Waals surface area contributed by atoms with E-state index < -0.39 is 0 Å². The molecule has 3 rings (SSSR count). The Balaban J connectivity index is 1.84. The van der Waals surface area contributed by atoms with Crippen molar-refractivity contribution in [3.8, 4) is 5.75 Å². The van der Waals surface area contributed by atoms with E-state index in [1.165, 1.54) is 17.7 Å². The average molecular weight is 283 g/mol. The van der Waals surface area contributed by atoms with Crippen LogP contribution in [0.25, 0.3) is 0 Å². The molecule has 2 nitrogen and oxygen atoms in total. The first-order valence-corrected chi connectivity index (χ1v) is 7.02. The molecule has 0 aromatic heterocycles. The third-order valence-electron chi connectivity index (χ3n) is 4.04. The van der Waals surface area contributed by atoms with Gasteiger partial charge in [0, 0.05) is 17.6 Å². The average Bonchev–Trinajstić information content (AvgIpc) is 2.92. The minimum atomic E-state index is -0.214. The van der Waals surface area contributed by atoms with Crippen LogP contribution in [0.2, 0.25) is 0 Å². The summed E-state index contributed by atoms with van der Waals surface area (Å²) in [6.07, 6.45) is 2.83. The van der Waals surface area contributed by atoms with Crippen LogP contribution in [0.1, 0.15) is 17.0 Å². The van der Waals surface area contributed by atoms with Gasteiger partial charge in [0.1, 0.15) is 11.6 Å². The molecule has 108 valence electrons. The molecule has 0 bridgehead atoms. The van der Waals surface area contributed by atoms with E-state index >= 15 is 0 Å². The van der Waals surface area contributed by atoms with Gasteiger partial charge >= 0.3 is 0 Å². The van der Waals surface area contributed by atoms with E-state index in [1.54, 1.807) is 7.11 Å². The number of anilines is 1. The Labute approximate surface area is 124 Å². The number of hydrogen-bond donors (Lipinski definition) is 1. The van der Waals surface area contributed by atoms with Crippen molar-refractivity contribution in [2.24, 2.45) is 0 Å². The van der Waals surface area contributed by atoms with Crippen molar-refractivity contribution in [1.82, 2.24) is 0 Å². The van der Waals surface area contributed by atoms with Gasteiger partial charge in [0.05, 0.1) is 7.11 Å². The summed E-state index contributed by atoms with van der Waals surface area (Å²) < 4.78 is 18.3. The molecule has 21 heavy (non-hydrogen) atoms. The minimum absolute atomic E-state index is 0.143. The SMILES string of the molecule is C=C[C@@H](c1ccc(F)cc1)[C@@H]1Cc2cc(OC)ccc2N1. The zero-order chi connectivity index (χ0) is 14.8. The van der Waals surface area contributed by atoms with Gasteiger partial charge < -0.3 is 10.1 Å². The number of halogens is 1. The zero-order valence-corrected chi connectivity index (χ0v) is 12.0. The Kier molecular flexibility index (Phi) is 3.65. The number of benzene rings is 2. The van der Waals surface area contributed by atoms with Crippen LogP contribution in [-0.2, 0) is 6.42 Å². The summed E-state index contributed by atoms with van der Waals surface area (Å²) in [5.74, 6) is 0.797. The summed E-state index contributed by atoms with van der Waals surface area (Å²) in [6.45, 7) is 3.94. The maximum Gasteiger partial charge on any atom is 0.123 e. The second kappa shape index (κ2) is 5.60. The molecule has 0 saturated carbocycles. The Hall–Kier alpha value is -2.29. The highest BCUT2D eigenvalue weighted by Gasteiger charge is 2.27. The minimum Gasteiger partial charge on any atom is -0.497 e. The molecule has 0 fully saturated rings. The van der Waals surface area contributed by atoms with Gasteiger partial charge in [-0.1, -0.05) is 18.2 Å². The standard InChI is InChI=1S/C18H18FNO/c1-3-16(12-4-6-14(19)7-5-12)18-11-13-10-15(21-2)8-9-17(13)20-18/h3-10,16,18,20H,1,11H2,2H3/t16-,18-/m0/s1. The lowest BCUT2D eigenvalue weighted by Crippen LogP contribution is -2.23. The highest BCUT2D eigenvalue weighted by Crippen LogP contribution is 2.35. The molecule has 2 atom stereocenters. The van der Waals surface area contributed by atoms with E-state index in [1.807, 2.05) is 30.3 Å². The van der Waals surface area contributed by atoms with E-state index in [4.69, 9.17) is 4.74 Å². The second-order valence-electron chi connectivity index (χ2n) is 5.29. The van der Waals surface area contributed by atoms with Crippen molar-refractivity contribution in [2.45, 2.75) is 18.4 Å². The molecule has 0 aliphatic carbocycles. The molecule has 1 aliphatic rings. The zero-order valence-electron chi connectivity index (χ0n) is 12.0. The lowest BCUT2D eigenvalue weighted by molar-refractivity contribution is 0.414. The van der Waals surface area contributed by atoms with Gasteiger partial charge in [-0.05, 0) is 47.9 Å². The second-order valence-corrected chi connectivity index (χ2v) is 5.29. The van der Waals surface area contributed by atoms with Crippen LogP contribution in [-0.4, -0.2) is 13.2 Å². The van der Waals surface area contributed by atoms with Crippen LogP contribution >= 0.6 is 0 Å². The molecule has 0 spiro atoms. The summed E-state index contributed by atoms with van der Waals surface area (Å²) in [6, 6.07) is 12.9. The van der Waals surface area contributed by atoms with Gasteiger partial charge in [0.15, 0.2) is 0 Å². The topological polar surface area (TPSA) is 21.3 Å². The van der Waals surface area contributed by atoms with Crippen molar-refractivity contribution in [1.29, 1.82) is 0 Å². The van der Waals surface area contributed by atoms with Crippen molar-refractivity contribution < 1.29 is 9.13 Å². The molecule has 0 radical (unpaired) electrons. The molecule has 2 aromatic rings. The quantitative estimate of drug-likeness (QED) is 0.851. The smallest absolute Gasteiger partial charge is 0.123 e. The van der Waals surface area contributed by atoms with Gasteiger partial charge in [-0.15, -0.1) is 6.58 Å². The van der Waals surface area contributed by atoms with Crippen LogP contribution in [0.4, 0.5) is 10.1 Å². The van der Waals surface area contributed by atoms with Crippen LogP contribution in [0.5, 0.6) is 5.75 Å². The first kappa shape index (κ1) is 13.7. The van der Waals surface area contributed by atoms with Gasteiger partial charge in [-0.2, -0.15) is 0 Å². The molecule has 0 saturated heterocycles. The predicted octanol–water partition coefficient (Wildman–Crippen LogP) is 4.14. The van der Waals surface area contributed by atoms with E-state index in [0.29, 0.717) is 0 Å². The van der Waals surface area contributed by atoms with Crippen LogP contribution < -0.4 is 10.1 Å². The van der Waals surface area contributed by atoms with E-state index in [9.17, 15) is 4.39 Å². The number of fused-ring (bicyclic) bond motifs is 1. The fourth-order valence-corrected chi connectivity index (χ4v) is 2.93. The van der Waals surface area contributed by atoms with Gasteiger partial charge in [0.2, 0.25) is 0 Å².